The van der Waals surface area contributed by atoms with Gasteiger partial charge >= 0.3 is 0 Å². The van der Waals surface area contributed by atoms with Gasteiger partial charge in [0.25, 0.3) is 10.1 Å². The third-order valence-electron chi connectivity index (χ3n) is 1.73. The second kappa shape index (κ2) is 4.61. The predicted octanol–water partition coefficient (Wildman–Crippen LogP) is -0.445. The van der Waals surface area contributed by atoms with E-state index in [1.165, 1.54) is 0 Å². The van der Waals surface area contributed by atoms with Gasteiger partial charge in [-0.25, -0.2) is 0 Å². The van der Waals surface area contributed by atoms with Crippen LogP contribution in [0.4, 0.5) is 0 Å². The highest BCUT2D eigenvalue weighted by Crippen LogP contribution is 2.12. The molecule has 1 fully saturated rings. The van der Waals surface area contributed by atoms with Crippen LogP contribution in [0.15, 0.2) is 0 Å². The summed E-state index contributed by atoms with van der Waals surface area (Å²) in [7, 11) is -3.38. The SMILES string of the molecule is CS(=O)(=O)O[C@H]1CNC[C@H](OS)C1. The summed E-state index contributed by atoms with van der Waals surface area (Å²) in [6.07, 6.45) is 1.14. The molecule has 1 heterocycles. The van der Waals surface area contributed by atoms with Crippen LogP contribution in [0.1, 0.15) is 6.42 Å². The lowest BCUT2D eigenvalue weighted by Gasteiger charge is -2.27. The normalized spacial score (nSPS) is 30.3. The molecule has 1 saturated heterocycles. The van der Waals surface area contributed by atoms with Crippen molar-refractivity contribution in [2.75, 3.05) is 19.3 Å². The highest BCUT2D eigenvalue weighted by molar-refractivity contribution is 7.86. The lowest BCUT2D eigenvalue weighted by molar-refractivity contribution is 0.0995. The molecule has 0 aromatic rings. The summed E-state index contributed by atoms with van der Waals surface area (Å²) in [4.78, 5) is 0. The van der Waals surface area contributed by atoms with Crippen LogP contribution in [0.5, 0.6) is 0 Å². The maximum atomic E-state index is 10.8. The standard InChI is InChI=1S/C6H13NO4S2/c1-13(8,9)11-6-2-5(10-12)3-7-4-6/h5-7,12H,2-4H2,1H3/t5-,6-/m1/s1. The molecule has 0 saturated carbocycles. The molecule has 5 nitrogen and oxygen atoms in total. The van der Waals surface area contributed by atoms with E-state index in [-0.39, 0.29) is 12.2 Å². The molecule has 0 radical (unpaired) electrons. The monoisotopic (exact) mass is 227 g/mol. The van der Waals surface area contributed by atoms with Crippen LogP contribution in [-0.2, 0) is 18.5 Å². The lowest BCUT2D eigenvalue weighted by Crippen LogP contribution is -2.44. The van der Waals surface area contributed by atoms with Crippen LogP contribution in [0.2, 0.25) is 0 Å². The maximum absolute atomic E-state index is 10.8. The zero-order valence-corrected chi connectivity index (χ0v) is 8.98. The highest BCUT2D eigenvalue weighted by Gasteiger charge is 2.25. The van der Waals surface area contributed by atoms with E-state index in [1.807, 2.05) is 0 Å². The van der Waals surface area contributed by atoms with Crippen molar-refractivity contribution >= 4 is 23.0 Å². The molecule has 7 heteroatoms. The van der Waals surface area contributed by atoms with Crippen LogP contribution in [0, 0.1) is 0 Å². The van der Waals surface area contributed by atoms with Crippen molar-refractivity contribution in [2.24, 2.45) is 0 Å². The molecule has 78 valence electrons. The third-order valence-corrected chi connectivity index (χ3v) is 2.65. The molecule has 0 aromatic heterocycles. The Bertz CT molecular complexity index is 253. The Morgan fingerprint density at radius 2 is 2.00 bits per heavy atom. The summed E-state index contributed by atoms with van der Waals surface area (Å²) in [6, 6.07) is 0. The maximum Gasteiger partial charge on any atom is 0.264 e. The molecule has 1 aliphatic heterocycles. The van der Waals surface area contributed by atoms with Crippen LogP contribution in [0.3, 0.4) is 0 Å². The topological polar surface area (TPSA) is 64.6 Å². The van der Waals surface area contributed by atoms with Gasteiger partial charge < -0.3 is 9.50 Å². The van der Waals surface area contributed by atoms with Crippen LogP contribution < -0.4 is 5.32 Å². The first-order valence-corrected chi connectivity index (χ1v) is 6.08. The van der Waals surface area contributed by atoms with Gasteiger partial charge in [0, 0.05) is 19.5 Å². The molecule has 1 aliphatic rings. The molecular formula is C6H13NO4S2. The van der Waals surface area contributed by atoms with Gasteiger partial charge in [-0.15, -0.1) is 0 Å². The van der Waals surface area contributed by atoms with Crippen molar-refractivity contribution in [3.63, 3.8) is 0 Å². The molecule has 0 aromatic carbocycles. The first-order valence-electron chi connectivity index (χ1n) is 3.90. The first-order chi connectivity index (χ1) is 6.01. The van der Waals surface area contributed by atoms with Gasteiger partial charge in [-0.3, -0.25) is 4.18 Å². The fourth-order valence-corrected chi connectivity index (χ4v) is 2.07. The van der Waals surface area contributed by atoms with Gasteiger partial charge in [0.1, 0.15) is 0 Å². The average molecular weight is 227 g/mol. The quantitative estimate of drug-likeness (QED) is 0.388. The second-order valence-electron chi connectivity index (χ2n) is 3.04. The first kappa shape index (κ1) is 11.3. The highest BCUT2D eigenvalue weighted by atomic mass is 32.2. The Balaban J connectivity index is 2.43. The van der Waals surface area contributed by atoms with Crippen molar-refractivity contribution in [2.45, 2.75) is 18.6 Å². The molecule has 0 unspecified atom stereocenters. The number of rotatable bonds is 3. The summed E-state index contributed by atoms with van der Waals surface area (Å²) in [5.74, 6) is 0. The van der Waals surface area contributed by atoms with Gasteiger partial charge in [-0.05, 0) is 12.9 Å². The van der Waals surface area contributed by atoms with E-state index in [2.05, 4.69) is 18.2 Å². The van der Waals surface area contributed by atoms with Crippen molar-refractivity contribution in [1.29, 1.82) is 0 Å². The van der Waals surface area contributed by atoms with Crippen molar-refractivity contribution in [3.05, 3.63) is 0 Å². The minimum Gasteiger partial charge on any atom is -0.314 e. The van der Waals surface area contributed by atoms with E-state index in [1.54, 1.807) is 0 Å². The van der Waals surface area contributed by atoms with Crippen LogP contribution >= 0.6 is 12.9 Å². The molecule has 0 bridgehead atoms. The Hall–Kier alpha value is 0.180. The Kier molecular flexibility index (Phi) is 3.99. The van der Waals surface area contributed by atoms with Crippen molar-refractivity contribution in [3.8, 4) is 0 Å². The van der Waals surface area contributed by atoms with Crippen molar-refractivity contribution in [1.82, 2.24) is 5.32 Å². The van der Waals surface area contributed by atoms with Gasteiger partial charge in [-0.2, -0.15) is 8.42 Å². The number of piperidine rings is 1. The molecule has 0 amide bonds. The fraction of sp³-hybridized carbons (Fsp3) is 1.00. The van der Waals surface area contributed by atoms with Gasteiger partial charge in [0.15, 0.2) is 0 Å². The van der Waals surface area contributed by atoms with E-state index in [4.69, 9.17) is 8.37 Å². The van der Waals surface area contributed by atoms with Crippen molar-refractivity contribution < 1.29 is 16.8 Å². The van der Waals surface area contributed by atoms with Gasteiger partial charge in [0.05, 0.1) is 18.5 Å². The summed E-state index contributed by atoms with van der Waals surface area (Å²) < 4.78 is 31.2. The number of hydrogen-bond donors (Lipinski definition) is 2. The Labute approximate surface area is 83.5 Å². The van der Waals surface area contributed by atoms with E-state index < -0.39 is 10.1 Å². The summed E-state index contributed by atoms with van der Waals surface area (Å²) in [5.41, 5.74) is 0. The number of hydrogen-bond acceptors (Lipinski definition) is 6. The molecule has 0 aliphatic carbocycles. The van der Waals surface area contributed by atoms with E-state index in [0.29, 0.717) is 19.5 Å². The smallest absolute Gasteiger partial charge is 0.264 e. The number of thiol groups is 1. The number of nitrogens with one attached hydrogen (secondary N) is 1. The largest absolute Gasteiger partial charge is 0.314 e. The van der Waals surface area contributed by atoms with Crippen LogP contribution in [0.25, 0.3) is 0 Å². The van der Waals surface area contributed by atoms with Gasteiger partial charge in [0.2, 0.25) is 0 Å². The summed E-state index contributed by atoms with van der Waals surface area (Å²) in [5, 5.41) is 3.00. The predicted molar refractivity (Wildman–Crippen MR) is 51.1 cm³/mol. The minimum atomic E-state index is -3.38. The zero-order valence-electron chi connectivity index (χ0n) is 7.26. The fourth-order valence-electron chi connectivity index (χ4n) is 1.27. The zero-order chi connectivity index (χ0) is 9.90. The summed E-state index contributed by atoms with van der Waals surface area (Å²) in [6.45, 7) is 1.20. The van der Waals surface area contributed by atoms with Crippen LogP contribution in [-0.4, -0.2) is 40.0 Å². The molecule has 1 rings (SSSR count). The van der Waals surface area contributed by atoms with E-state index >= 15 is 0 Å². The average Bonchev–Trinajstić information content (AvgIpc) is 2.01. The molecule has 0 spiro atoms. The minimum absolute atomic E-state index is 0.0937. The molecule has 2 atom stereocenters. The second-order valence-corrected chi connectivity index (χ2v) is 4.86. The Morgan fingerprint density at radius 3 is 2.54 bits per heavy atom. The summed E-state index contributed by atoms with van der Waals surface area (Å²) >= 11 is 3.67. The van der Waals surface area contributed by atoms with Gasteiger partial charge in [-0.1, -0.05) is 0 Å². The molecule has 13 heavy (non-hydrogen) atoms. The van der Waals surface area contributed by atoms with E-state index in [0.717, 1.165) is 6.26 Å². The third kappa shape index (κ3) is 4.28. The Morgan fingerprint density at radius 1 is 1.38 bits per heavy atom. The lowest BCUT2D eigenvalue weighted by atomic mass is 10.1. The van der Waals surface area contributed by atoms with E-state index in [9.17, 15) is 8.42 Å². The molecular weight excluding hydrogens is 214 g/mol. The molecule has 1 N–H and O–H groups in total.